The molecule has 0 radical (unpaired) electrons. The Morgan fingerprint density at radius 2 is 2.05 bits per heavy atom. The van der Waals surface area contributed by atoms with Crippen LogP contribution in [0.1, 0.15) is 30.1 Å². The molecule has 114 valence electrons. The Morgan fingerprint density at radius 3 is 2.67 bits per heavy atom. The number of halogens is 1. The lowest BCUT2D eigenvalue weighted by Gasteiger charge is -2.31. The Bertz CT molecular complexity index is 540. The zero-order chi connectivity index (χ0) is 15.4. The lowest BCUT2D eigenvalue weighted by Crippen LogP contribution is -2.43. The SMILES string of the molecule is CCNC(=O)C1CCN(C(=O)c2cccc(F)c2N)CC1. The quantitative estimate of drug-likeness (QED) is 0.827. The fourth-order valence-corrected chi connectivity index (χ4v) is 2.56. The Hall–Kier alpha value is -2.11. The molecule has 0 atom stereocenters. The molecule has 0 spiro atoms. The summed E-state index contributed by atoms with van der Waals surface area (Å²) in [5, 5.41) is 2.80. The number of hydrogen-bond donors (Lipinski definition) is 2. The van der Waals surface area contributed by atoms with Gasteiger partial charge in [-0.3, -0.25) is 9.59 Å². The molecule has 0 aromatic heterocycles. The lowest BCUT2D eigenvalue weighted by molar-refractivity contribution is -0.126. The van der Waals surface area contributed by atoms with Gasteiger partial charge in [-0.2, -0.15) is 0 Å². The number of nitrogens with two attached hydrogens (primary N) is 1. The number of hydrogen-bond acceptors (Lipinski definition) is 3. The molecule has 1 aromatic rings. The number of anilines is 1. The number of rotatable bonds is 3. The van der Waals surface area contributed by atoms with Crippen LogP contribution in [0.3, 0.4) is 0 Å². The van der Waals surface area contributed by atoms with Crippen LogP contribution in [-0.2, 0) is 4.79 Å². The second-order valence-corrected chi connectivity index (χ2v) is 5.16. The summed E-state index contributed by atoms with van der Waals surface area (Å²) in [6, 6.07) is 4.23. The Kier molecular flexibility index (Phi) is 4.77. The predicted octanol–water partition coefficient (Wildman–Crippen LogP) is 1.40. The Balaban J connectivity index is 2.00. The van der Waals surface area contributed by atoms with Crippen LogP contribution in [0.2, 0.25) is 0 Å². The standard InChI is InChI=1S/C15H20FN3O2/c1-2-18-14(20)10-6-8-19(9-7-10)15(21)11-4-3-5-12(16)13(11)17/h3-5,10H,2,6-9,17H2,1H3,(H,18,20). The van der Waals surface area contributed by atoms with Crippen LogP contribution in [0.15, 0.2) is 18.2 Å². The van der Waals surface area contributed by atoms with Gasteiger partial charge in [0.05, 0.1) is 11.3 Å². The van der Waals surface area contributed by atoms with E-state index >= 15 is 0 Å². The van der Waals surface area contributed by atoms with E-state index in [4.69, 9.17) is 5.73 Å². The number of piperidine rings is 1. The highest BCUT2D eigenvalue weighted by atomic mass is 19.1. The predicted molar refractivity (Wildman–Crippen MR) is 78.1 cm³/mol. The normalized spacial score (nSPS) is 15.8. The summed E-state index contributed by atoms with van der Waals surface area (Å²) in [7, 11) is 0. The van der Waals surface area contributed by atoms with Crippen LogP contribution in [0.25, 0.3) is 0 Å². The second-order valence-electron chi connectivity index (χ2n) is 5.16. The molecule has 2 amide bonds. The Labute approximate surface area is 123 Å². The molecule has 1 saturated heterocycles. The van der Waals surface area contributed by atoms with Gasteiger partial charge in [-0.05, 0) is 31.9 Å². The zero-order valence-corrected chi connectivity index (χ0v) is 12.1. The number of carbonyl (C=O) groups excluding carboxylic acids is 2. The van der Waals surface area contributed by atoms with E-state index < -0.39 is 5.82 Å². The van der Waals surface area contributed by atoms with Crippen molar-refractivity contribution in [3.63, 3.8) is 0 Å². The third-order valence-electron chi connectivity index (χ3n) is 3.79. The van der Waals surface area contributed by atoms with Crippen LogP contribution in [0, 0.1) is 11.7 Å². The number of likely N-dealkylation sites (tertiary alicyclic amines) is 1. The van der Waals surface area contributed by atoms with Crippen molar-refractivity contribution in [3.05, 3.63) is 29.6 Å². The number of carbonyl (C=O) groups is 2. The van der Waals surface area contributed by atoms with Gasteiger partial charge in [0.2, 0.25) is 5.91 Å². The molecule has 1 heterocycles. The van der Waals surface area contributed by atoms with Crippen LogP contribution in [0.4, 0.5) is 10.1 Å². The fourth-order valence-electron chi connectivity index (χ4n) is 2.56. The van der Waals surface area contributed by atoms with Crippen molar-refractivity contribution in [2.24, 2.45) is 5.92 Å². The van der Waals surface area contributed by atoms with Gasteiger partial charge in [-0.25, -0.2) is 4.39 Å². The van der Waals surface area contributed by atoms with E-state index in [0.717, 1.165) is 0 Å². The summed E-state index contributed by atoms with van der Waals surface area (Å²) >= 11 is 0. The molecular weight excluding hydrogens is 273 g/mol. The molecule has 3 N–H and O–H groups in total. The van der Waals surface area contributed by atoms with Crippen molar-refractivity contribution < 1.29 is 14.0 Å². The van der Waals surface area contributed by atoms with Gasteiger partial charge in [0, 0.05) is 25.6 Å². The highest BCUT2D eigenvalue weighted by molar-refractivity contribution is 5.99. The first-order valence-corrected chi connectivity index (χ1v) is 7.15. The molecule has 1 fully saturated rings. The summed E-state index contributed by atoms with van der Waals surface area (Å²) in [4.78, 5) is 25.7. The molecule has 1 aliphatic heterocycles. The number of nitrogen functional groups attached to an aromatic ring is 1. The summed E-state index contributed by atoms with van der Waals surface area (Å²) in [6.07, 6.45) is 1.24. The van der Waals surface area contributed by atoms with Gasteiger partial charge in [-0.15, -0.1) is 0 Å². The van der Waals surface area contributed by atoms with E-state index in [2.05, 4.69) is 5.32 Å². The monoisotopic (exact) mass is 293 g/mol. The van der Waals surface area contributed by atoms with E-state index in [1.54, 1.807) is 4.90 Å². The maximum atomic E-state index is 13.4. The molecule has 5 nitrogen and oxygen atoms in total. The summed E-state index contributed by atoms with van der Waals surface area (Å²) in [6.45, 7) is 3.45. The van der Waals surface area contributed by atoms with E-state index in [9.17, 15) is 14.0 Å². The molecule has 6 heteroatoms. The highest BCUT2D eigenvalue weighted by Crippen LogP contribution is 2.22. The smallest absolute Gasteiger partial charge is 0.256 e. The molecule has 1 aromatic carbocycles. The number of nitrogens with one attached hydrogen (secondary N) is 1. The summed E-state index contributed by atoms with van der Waals surface area (Å²) in [5.41, 5.74) is 5.69. The van der Waals surface area contributed by atoms with Gasteiger partial charge < -0.3 is 16.0 Å². The number of amides is 2. The molecule has 21 heavy (non-hydrogen) atoms. The van der Waals surface area contributed by atoms with Crippen molar-refractivity contribution in [3.8, 4) is 0 Å². The molecule has 0 unspecified atom stereocenters. The van der Waals surface area contributed by atoms with E-state index in [1.807, 2.05) is 6.92 Å². The third-order valence-corrected chi connectivity index (χ3v) is 3.79. The van der Waals surface area contributed by atoms with Crippen molar-refractivity contribution in [2.45, 2.75) is 19.8 Å². The van der Waals surface area contributed by atoms with Gasteiger partial charge in [0.25, 0.3) is 5.91 Å². The van der Waals surface area contributed by atoms with Crippen molar-refractivity contribution in [1.29, 1.82) is 0 Å². The number of para-hydroxylation sites is 1. The first kappa shape index (κ1) is 15.3. The van der Waals surface area contributed by atoms with Crippen molar-refractivity contribution in [1.82, 2.24) is 10.2 Å². The number of nitrogens with zero attached hydrogens (tertiary/aromatic N) is 1. The van der Waals surface area contributed by atoms with E-state index in [-0.39, 0.29) is 29.0 Å². The van der Waals surface area contributed by atoms with E-state index in [0.29, 0.717) is 32.5 Å². The topological polar surface area (TPSA) is 75.4 Å². The maximum absolute atomic E-state index is 13.4. The maximum Gasteiger partial charge on any atom is 0.256 e. The minimum atomic E-state index is -0.585. The van der Waals surface area contributed by atoms with Gasteiger partial charge in [-0.1, -0.05) is 6.07 Å². The minimum absolute atomic E-state index is 0.0369. The molecule has 0 saturated carbocycles. The van der Waals surface area contributed by atoms with Crippen LogP contribution < -0.4 is 11.1 Å². The molecular formula is C15H20FN3O2. The average molecular weight is 293 g/mol. The molecule has 0 bridgehead atoms. The van der Waals surface area contributed by atoms with Crippen molar-refractivity contribution >= 4 is 17.5 Å². The molecule has 2 rings (SSSR count). The lowest BCUT2D eigenvalue weighted by atomic mass is 9.95. The van der Waals surface area contributed by atoms with Gasteiger partial charge in [0.1, 0.15) is 5.82 Å². The van der Waals surface area contributed by atoms with Crippen LogP contribution in [-0.4, -0.2) is 36.3 Å². The van der Waals surface area contributed by atoms with Crippen LogP contribution in [0.5, 0.6) is 0 Å². The van der Waals surface area contributed by atoms with Crippen molar-refractivity contribution in [2.75, 3.05) is 25.4 Å². The second kappa shape index (κ2) is 6.56. The van der Waals surface area contributed by atoms with Crippen LogP contribution >= 0.6 is 0 Å². The number of benzene rings is 1. The Morgan fingerprint density at radius 1 is 1.38 bits per heavy atom. The molecule has 1 aliphatic rings. The van der Waals surface area contributed by atoms with Gasteiger partial charge in [0.15, 0.2) is 0 Å². The minimum Gasteiger partial charge on any atom is -0.396 e. The fraction of sp³-hybridized carbons (Fsp3) is 0.467. The zero-order valence-electron chi connectivity index (χ0n) is 12.1. The highest BCUT2D eigenvalue weighted by Gasteiger charge is 2.28. The third kappa shape index (κ3) is 3.32. The van der Waals surface area contributed by atoms with E-state index in [1.165, 1.54) is 18.2 Å². The summed E-state index contributed by atoms with van der Waals surface area (Å²) < 4.78 is 13.4. The molecule has 0 aliphatic carbocycles. The average Bonchev–Trinajstić information content (AvgIpc) is 2.50. The summed E-state index contributed by atoms with van der Waals surface area (Å²) in [5.74, 6) is -0.881. The van der Waals surface area contributed by atoms with Gasteiger partial charge >= 0.3 is 0 Å². The largest absolute Gasteiger partial charge is 0.396 e. The first-order chi connectivity index (χ1) is 10.0. The first-order valence-electron chi connectivity index (χ1n) is 7.15.